The fourth-order valence-electron chi connectivity index (χ4n) is 3.89. The van der Waals surface area contributed by atoms with Gasteiger partial charge < -0.3 is 25.8 Å². The van der Waals surface area contributed by atoms with Gasteiger partial charge in [-0.1, -0.05) is 12.1 Å². The van der Waals surface area contributed by atoms with Crippen molar-refractivity contribution in [2.75, 3.05) is 30.6 Å². The fraction of sp³-hybridized carbons (Fsp3) is 0.120. The van der Waals surface area contributed by atoms with Crippen LogP contribution in [0.3, 0.4) is 0 Å². The molecule has 35 heavy (non-hydrogen) atoms. The van der Waals surface area contributed by atoms with Gasteiger partial charge in [0, 0.05) is 34.1 Å². The highest BCUT2D eigenvalue weighted by Crippen LogP contribution is 2.35. The Balaban J connectivity index is 1.51. The van der Waals surface area contributed by atoms with Gasteiger partial charge in [0.25, 0.3) is 5.91 Å². The van der Waals surface area contributed by atoms with Crippen LogP contribution in [0.4, 0.5) is 23.0 Å². The van der Waals surface area contributed by atoms with Crippen molar-refractivity contribution in [3.8, 4) is 11.5 Å². The third-order valence-corrected chi connectivity index (χ3v) is 6.66. The van der Waals surface area contributed by atoms with Gasteiger partial charge in [0.1, 0.15) is 18.0 Å². The number of pyridine rings is 1. The van der Waals surface area contributed by atoms with E-state index < -0.39 is 0 Å². The lowest BCUT2D eigenvalue weighted by Crippen LogP contribution is -2.13. The van der Waals surface area contributed by atoms with Gasteiger partial charge in [0.2, 0.25) is 0 Å². The number of hydrogen-bond donors (Lipinski definition) is 3. The number of benzene rings is 2. The summed E-state index contributed by atoms with van der Waals surface area (Å²) in [6.45, 7) is 1.95. The number of nitrogens with two attached hydrogens (primary N) is 1. The summed E-state index contributed by atoms with van der Waals surface area (Å²) in [5.74, 6) is 1.98. The van der Waals surface area contributed by atoms with Gasteiger partial charge in [-0.05, 0) is 30.7 Å². The summed E-state index contributed by atoms with van der Waals surface area (Å²) in [6, 6.07) is 11.3. The van der Waals surface area contributed by atoms with Gasteiger partial charge in [0.15, 0.2) is 11.5 Å². The first-order valence-corrected chi connectivity index (χ1v) is 11.5. The van der Waals surface area contributed by atoms with Crippen LogP contribution in [0.2, 0.25) is 0 Å². The first kappa shape index (κ1) is 22.4. The Kier molecular flexibility index (Phi) is 5.79. The van der Waals surface area contributed by atoms with Crippen molar-refractivity contribution in [1.82, 2.24) is 15.0 Å². The molecule has 176 valence electrons. The normalized spacial score (nSPS) is 10.9. The maximum atomic E-state index is 13.2. The molecule has 1 amide bonds. The minimum Gasteiger partial charge on any atom is -0.493 e. The lowest BCUT2D eigenvalue weighted by atomic mass is 10.0. The number of carbonyl (C=O) groups is 1. The highest BCUT2D eigenvalue weighted by atomic mass is 32.1. The van der Waals surface area contributed by atoms with Crippen LogP contribution in [0.15, 0.2) is 54.3 Å². The smallest absolute Gasteiger partial charge is 0.258 e. The summed E-state index contributed by atoms with van der Waals surface area (Å²) in [5.41, 5.74) is 9.33. The number of nitrogens with one attached hydrogen (secondary N) is 2. The number of nitrogens with zero attached hydrogens (tertiary/aromatic N) is 3. The Morgan fingerprint density at radius 2 is 1.83 bits per heavy atom. The van der Waals surface area contributed by atoms with Crippen LogP contribution < -0.4 is 25.8 Å². The summed E-state index contributed by atoms with van der Waals surface area (Å²) < 4.78 is 11.4. The first-order chi connectivity index (χ1) is 17.0. The monoisotopic (exact) mass is 486 g/mol. The predicted molar refractivity (Wildman–Crippen MR) is 139 cm³/mol. The number of aromatic nitrogens is 3. The van der Waals surface area contributed by atoms with E-state index in [-0.39, 0.29) is 5.91 Å². The zero-order valence-electron chi connectivity index (χ0n) is 19.2. The summed E-state index contributed by atoms with van der Waals surface area (Å²) in [5, 5.41) is 9.86. The number of thiophene rings is 1. The molecule has 10 heteroatoms. The van der Waals surface area contributed by atoms with Crippen LogP contribution in [0, 0.1) is 6.92 Å². The highest BCUT2D eigenvalue weighted by molar-refractivity contribution is 7.18. The zero-order valence-corrected chi connectivity index (χ0v) is 20.1. The average molecular weight is 487 g/mol. The van der Waals surface area contributed by atoms with Crippen molar-refractivity contribution in [1.29, 1.82) is 0 Å². The Morgan fingerprint density at radius 1 is 1.00 bits per heavy atom. The molecule has 5 aromatic rings. The molecule has 4 N–H and O–H groups in total. The molecule has 0 aliphatic carbocycles. The molecule has 2 aromatic carbocycles. The molecule has 0 fully saturated rings. The second-order valence-electron chi connectivity index (χ2n) is 7.75. The Hall–Kier alpha value is -4.44. The van der Waals surface area contributed by atoms with E-state index in [4.69, 9.17) is 15.2 Å². The van der Waals surface area contributed by atoms with Crippen molar-refractivity contribution in [2.24, 2.45) is 0 Å². The molecule has 5 rings (SSSR count). The van der Waals surface area contributed by atoms with Crippen molar-refractivity contribution in [2.45, 2.75) is 6.92 Å². The van der Waals surface area contributed by atoms with Gasteiger partial charge in [0.05, 0.1) is 35.7 Å². The topological polar surface area (TPSA) is 124 Å². The summed E-state index contributed by atoms with van der Waals surface area (Å²) in [7, 11) is 3.18. The number of anilines is 4. The van der Waals surface area contributed by atoms with Crippen molar-refractivity contribution in [3.63, 3.8) is 0 Å². The molecule has 0 saturated heterocycles. The maximum absolute atomic E-state index is 13.2. The second kappa shape index (κ2) is 9.07. The highest BCUT2D eigenvalue weighted by Gasteiger charge is 2.18. The lowest BCUT2D eigenvalue weighted by Gasteiger charge is -2.15. The molecule has 3 aromatic heterocycles. The number of methoxy groups -OCH3 is 2. The van der Waals surface area contributed by atoms with Crippen molar-refractivity contribution < 1.29 is 14.3 Å². The average Bonchev–Trinajstić information content (AvgIpc) is 3.31. The third kappa shape index (κ3) is 4.04. The molecule has 9 nitrogen and oxygen atoms in total. The minimum absolute atomic E-state index is 0.267. The number of ether oxygens (including phenoxy) is 2. The van der Waals surface area contributed by atoms with E-state index in [9.17, 15) is 4.79 Å². The van der Waals surface area contributed by atoms with Gasteiger partial charge in [-0.15, -0.1) is 11.3 Å². The number of amides is 1. The summed E-state index contributed by atoms with van der Waals surface area (Å²) in [6.07, 6.45) is 3.07. The molecule has 0 saturated carbocycles. The molecule has 0 radical (unpaired) electrons. The van der Waals surface area contributed by atoms with E-state index in [1.165, 1.54) is 17.7 Å². The molecule has 0 spiro atoms. The van der Waals surface area contributed by atoms with Crippen molar-refractivity contribution >= 4 is 61.2 Å². The number of fused-ring (bicyclic) bond motifs is 2. The number of hydrogen-bond acceptors (Lipinski definition) is 9. The largest absolute Gasteiger partial charge is 0.493 e. The summed E-state index contributed by atoms with van der Waals surface area (Å²) in [4.78, 5) is 26.0. The van der Waals surface area contributed by atoms with Crippen LogP contribution in [0.25, 0.3) is 21.0 Å². The van der Waals surface area contributed by atoms with Gasteiger partial charge >= 0.3 is 0 Å². The van der Waals surface area contributed by atoms with Crippen molar-refractivity contribution in [3.05, 3.63) is 65.4 Å². The molecular formula is C25H22N6O3S. The van der Waals surface area contributed by atoms with Crippen LogP contribution in [0.5, 0.6) is 11.5 Å². The number of carbonyl (C=O) groups excluding carboxylic acids is 1. The molecule has 0 aliphatic heterocycles. The molecule has 0 unspecified atom stereocenters. The molecule has 0 bridgehead atoms. The maximum Gasteiger partial charge on any atom is 0.258 e. The quantitative estimate of drug-likeness (QED) is 0.301. The number of rotatable bonds is 6. The molecule has 0 atom stereocenters. The van der Waals surface area contributed by atoms with E-state index in [1.54, 1.807) is 25.8 Å². The minimum atomic E-state index is -0.267. The van der Waals surface area contributed by atoms with E-state index >= 15 is 0 Å². The zero-order chi connectivity index (χ0) is 24.5. The van der Waals surface area contributed by atoms with E-state index in [0.29, 0.717) is 44.6 Å². The summed E-state index contributed by atoms with van der Waals surface area (Å²) >= 11 is 1.35. The standard InChI is InChI=1S/C25H22N6O3S/c1-13-4-6-16-15(8-9-27-24(16)30-14-5-7-18(33-2)19(10-14)34-3)20(13)31-25(32)17-11-35-22-21(17)28-12-29-23(22)26/h4-12H,1-3H3,(H,27,30)(H,31,32)(H2,26,28,29). The van der Waals surface area contributed by atoms with E-state index in [1.807, 2.05) is 43.3 Å². The molecule has 0 aliphatic rings. The van der Waals surface area contributed by atoms with Crippen LogP contribution in [-0.4, -0.2) is 35.1 Å². The van der Waals surface area contributed by atoms with Gasteiger partial charge in [-0.3, -0.25) is 4.79 Å². The fourth-order valence-corrected chi connectivity index (χ4v) is 4.79. The first-order valence-electron chi connectivity index (χ1n) is 10.7. The molecule has 3 heterocycles. The Labute approximate surface area is 204 Å². The SMILES string of the molecule is COc1ccc(Nc2nccc3c(NC(=O)c4csc5c(N)ncnc45)c(C)ccc23)cc1OC. The lowest BCUT2D eigenvalue weighted by molar-refractivity contribution is 0.102. The molecular weight excluding hydrogens is 464 g/mol. The van der Waals surface area contributed by atoms with Crippen LogP contribution >= 0.6 is 11.3 Å². The van der Waals surface area contributed by atoms with Crippen LogP contribution in [-0.2, 0) is 0 Å². The number of aryl methyl sites for hydroxylation is 1. The van der Waals surface area contributed by atoms with E-state index in [0.717, 1.165) is 22.0 Å². The predicted octanol–water partition coefficient (Wildman–Crippen LogP) is 5.14. The van der Waals surface area contributed by atoms with E-state index in [2.05, 4.69) is 25.6 Å². The second-order valence-corrected chi connectivity index (χ2v) is 8.63. The number of nitrogen functional groups attached to an aromatic ring is 1. The Bertz CT molecular complexity index is 1580. The van der Waals surface area contributed by atoms with Crippen LogP contribution in [0.1, 0.15) is 15.9 Å². The van der Waals surface area contributed by atoms with Gasteiger partial charge in [-0.25, -0.2) is 15.0 Å². The van der Waals surface area contributed by atoms with Gasteiger partial charge in [-0.2, -0.15) is 0 Å². The Morgan fingerprint density at radius 3 is 2.63 bits per heavy atom. The third-order valence-electron chi connectivity index (χ3n) is 5.66.